The van der Waals surface area contributed by atoms with Crippen LogP contribution < -0.4 is 14.8 Å². The summed E-state index contributed by atoms with van der Waals surface area (Å²) < 4.78 is 35.2. The van der Waals surface area contributed by atoms with Gasteiger partial charge in [0, 0.05) is 29.6 Å². The molecule has 3 aromatic carbocycles. The van der Waals surface area contributed by atoms with Crippen molar-refractivity contribution in [3.63, 3.8) is 0 Å². The van der Waals surface area contributed by atoms with Crippen LogP contribution in [0.3, 0.4) is 0 Å². The molecule has 1 amide bonds. The number of carbonyl (C=O) groups is 1. The number of hydrogen-bond acceptors (Lipinski definition) is 8. The molecule has 11 heteroatoms. The van der Waals surface area contributed by atoms with E-state index in [4.69, 9.17) is 9.72 Å². The molecule has 0 saturated carbocycles. The van der Waals surface area contributed by atoms with Crippen molar-refractivity contribution in [1.82, 2.24) is 9.88 Å². The maximum Gasteiger partial charge on any atom is 0.261 e. The molecular weight excluding hydrogens is 589 g/mol. The van der Waals surface area contributed by atoms with Crippen LogP contribution in [0, 0.1) is 0 Å². The number of hydrogen-bond donors (Lipinski definition) is 2. The molecule has 0 atom stereocenters. The van der Waals surface area contributed by atoms with Gasteiger partial charge in [-0.3, -0.25) is 14.4 Å². The van der Waals surface area contributed by atoms with Crippen LogP contribution in [-0.4, -0.2) is 43.9 Å². The first-order chi connectivity index (χ1) is 20.2. The number of ether oxygens (including phenoxy) is 1. The quantitative estimate of drug-likeness (QED) is 0.197. The number of thiophene rings is 1. The van der Waals surface area contributed by atoms with Crippen molar-refractivity contribution in [3.05, 3.63) is 88.8 Å². The van der Waals surface area contributed by atoms with E-state index in [0.717, 1.165) is 45.3 Å². The average Bonchev–Trinajstić information content (AvgIpc) is 3.57. The number of fused-ring (bicyclic) bond motifs is 2. The number of methoxy groups -OCH3 is 1. The summed E-state index contributed by atoms with van der Waals surface area (Å²) in [5, 5.41) is 4.72. The van der Waals surface area contributed by atoms with E-state index in [1.807, 2.05) is 18.2 Å². The van der Waals surface area contributed by atoms with E-state index in [-0.39, 0.29) is 16.1 Å². The fourth-order valence-corrected chi connectivity index (χ4v) is 8.52. The van der Waals surface area contributed by atoms with Gasteiger partial charge < -0.3 is 10.1 Å². The number of carbonyl (C=O) groups excluding carboxylic acids is 1. The van der Waals surface area contributed by atoms with Gasteiger partial charge >= 0.3 is 0 Å². The van der Waals surface area contributed by atoms with Crippen LogP contribution in [-0.2, 0) is 23.0 Å². The van der Waals surface area contributed by atoms with Crippen LogP contribution in [0.15, 0.2) is 77.7 Å². The monoisotopic (exact) mass is 618 g/mol. The van der Waals surface area contributed by atoms with Gasteiger partial charge in [-0.2, -0.15) is 0 Å². The molecule has 0 unspecified atom stereocenters. The van der Waals surface area contributed by atoms with Crippen LogP contribution >= 0.6 is 22.7 Å². The zero-order valence-electron chi connectivity index (χ0n) is 23.4. The predicted molar refractivity (Wildman–Crippen MR) is 170 cm³/mol. The Morgan fingerprint density at radius 2 is 1.74 bits per heavy atom. The van der Waals surface area contributed by atoms with E-state index >= 15 is 0 Å². The van der Waals surface area contributed by atoms with Gasteiger partial charge in [-0.15, -0.1) is 22.7 Å². The Balaban J connectivity index is 1.35. The van der Waals surface area contributed by atoms with Crippen LogP contribution in [0.25, 0.3) is 20.8 Å². The van der Waals surface area contributed by atoms with Crippen LogP contribution in [0.2, 0.25) is 0 Å². The molecule has 0 aliphatic carbocycles. The third-order valence-electron chi connectivity index (χ3n) is 7.34. The maximum absolute atomic E-state index is 13.8. The lowest BCUT2D eigenvalue weighted by Crippen LogP contribution is -2.35. The lowest BCUT2D eigenvalue weighted by molar-refractivity contribution is 0.102. The van der Waals surface area contributed by atoms with E-state index in [9.17, 15) is 13.2 Å². The summed E-state index contributed by atoms with van der Waals surface area (Å²) in [5.74, 6) is 0.150. The second-order valence-corrected chi connectivity index (χ2v) is 14.1. The van der Waals surface area contributed by atoms with E-state index in [1.165, 1.54) is 29.7 Å². The molecule has 0 saturated heterocycles. The Kier molecular flexibility index (Phi) is 7.75. The van der Waals surface area contributed by atoms with Crippen molar-refractivity contribution < 1.29 is 17.9 Å². The first-order valence-electron chi connectivity index (χ1n) is 13.6. The molecule has 0 fully saturated rings. The number of aromatic nitrogens is 1. The van der Waals surface area contributed by atoms with Gasteiger partial charge in [0.1, 0.15) is 15.8 Å². The summed E-state index contributed by atoms with van der Waals surface area (Å²) in [6, 6.07) is 21.1. The molecule has 3 heterocycles. The molecule has 5 aromatic rings. The fourth-order valence-electron chi connectivity index (χ4n) is 5.06. The second-order valence-electron chi connectivity index (χ2n) is 10.3. The minimum absolute atomic E-state index is 0.0669. The molecule has 2 N–H and O–H groups in total. The largest absolute Gasteiger partial charge is 0.497 e. The highest BCUT2D eigenvalue weighted by atomic mass is 32.2. The first-order valence-corrected chi connectivity index (χ1v) is 16.7. The first kappa shape index (κ1) is 28.4. The van der Waals surface area contributed by atoms with Crippen LogP contribution in [0.1, 0.15) is 34.6 Å². The highest BCUT2D eigenvalue weighted by Gasteiger charge is 2.29. The van der Waals surface area contributed by atoms with Crippen LogP contribution in [0.5, 0.6) is 5.75 Å². The molecule has 0 bridgehead atoms. The molecule has 1 aliphatic rings. The number of sulfonamides is 1. The molecule has 6 rings (SSSR count). The van der Waals surface area contributed by atoms with Gasteiger partial charge in [0.15, 0.2) is 0 Å². The minimum Gasteiger partial charge on any atom is -0.497 e. The lowest BCUT2D eigenvalue weighted by Gasteiger charge is -2.30. The lowest BCUT2D eigenvalue weighted by atomic mass is 10.0. The Labute approximate surface area is 253 Å². The van der Waals surface area contributed by atoms with Gasteiger partial charge in [0.2, 0.25) is 0 Å². The number of benzene rings is 3. The molecule has 0 spiro atoms. The summed E-state index contributed by atoms with van der Waals surface area (Å²) in [4.78, 5) is 22.4. The molecule has 1 aliphatic heterocycles. The van der Waals surface area contributed by atoms with E-state index in [0.29, 0.717) is 11.8 Å². The van der Waals surface area contributed by atoms with Crippen molar-refractivity contribution in [1.29, 1.82) is 0 Å². The van der Waals surface area contributed by atoms with E-state index in [2.05, 4.69) is 34.9 Å². The Bertz CT molecular complexity index is 1840. The van der Waals surface area contributed by atoms with Crippen molar-refractivity contribution in [2.45, 2.75) is 37.8 Å². The molecule has 8 nitrogen and oxygen atoms in total. The normalized spacial score (nSPS) is 13.7. The topological polar surface area (TPSA) is 101 Å². The van der Waals surface area contributed by atoms with E-state index in [1.54, 1.807) is 59.1 Å². The van der Waals surface area contributed by atoms with Gasteiger partial charge in [-0.1, -0.05) is 24.3 Å². The number of nitrogens with zero attached hydrogens (tertiary/aromatic N) is 2. The molecule has 0 radical (unpaired) electrons. The maximum atomic E-state index is 13.8. The Morgan fingerprint density at radius 3 is 2.48 bits per heavy atom. The van der Waals surface area contributed by atoms with Crippen LogP contribution in [0.4, 0.5) is 10.7 Å². The molecule has 42 heavy (non-hydrogen) atoms. The van der Waals surface area contributed by atoms with Gasteiger partial charge in [-0.05, 0) is 74.4 Å². The number of amides is 1. The smallest absolute Gasteiger partial charge is 0.261 e. The zero-order chi connectivity index (χ0) is 29.4. The average molecular weight is 619 g/mol. The molecule has 2 aromatic heterocycles. The van der Waals surface area contributed by atoms with Gasteiger partial charge in [0.05, 0.1) is 33.5 Å². The number of rotatable bonds is 8. The van der Waals surface area contributed by atoms with Crippen molar-refractivity contribution in [2.75, 3.05) is 23.7 Å². The number of anilines is 2. The summed E-state index contributed by atoms with van der Waals surface area (Å²) in [6.07, 6.45) is 0.864. The third kappa shape index (κ3) is 5.52. The molecule has 216 valence electrons. The SMILES string of the molecule is COc1ccc(S(=O)(=O)Nc2ccccc2C(=O)Nc2sc3c(c2-c2nc4ccccc4s2)CCN(C(C)C)C3)cc1. The molecular formula is C31H30N4O4S3. The second kappa shape index (κ2) is 11.5. The fraction of sp³-hybridized carbons (Fsp3) is 0.226. The highest BCUT2D eigenvalue weighted by molar-refractivity contribution is 7.92. The summed E-state index contributed by atoms with van der Waals surface area (Å²) in [5.41, 5.74) is 3.52. The minimum atomic E-state index is -3.95. The third-order valence-corrected chi connectivity index (χ3v) is 10.9. The van der Waals surface area contributed by atoms with Gasteiger partial charge in [-0.25, -0.2) is 13.4 Å². The van der Waals surface area contributed by atoms with Crippen molar-refractivity contribution in [3.8, 4) is 16.3 Å². The number of para-hydroxylation sites is 2. The number of thiazole rings is 1. The number of nitrogens with one attached hydrogen (secondary N) is 2. The predicted octanol–water partition coefficient (Wildman–Crippen LogP) is 6.85. The summed E-state index contributed by atoms with van der Waals surface area (Å²) in [7, 11) is -2.43. The Hall–Kier alpha value is -3.77. The van der Waals surface area contributed by atoms with E-state index < -0.39 is 15.9 Å². The zero-order valence-corrected chi connectivity index (χ0v) is 25.8. The van der Waals surface area contributed by atoms with Gasteiger partial charge in [0.25, 0.3) is 15.9 Å². The highest BCUT2D eigenvalue weighted by Crippen LogP contribution is 2.46. The Morgan fingerprint density at radius 1 is 1.00 bits per heavy atom. The summed E-state index contributed by atoms with van der Waals surface area (Å²) in [6.45, 7) is 6.13. The van der Waals surface area contributed by atoms with Crippen molar-refractivity contribution in [2.24, 2.45) is 0 Å². The van der Waals surface area contributed by atoms with Crippen molar-refractivity contribution >= 4 is 59.5 Å². The standard InChI is InChI=1S/C31H30N4O4S3/c1-19(2)35-17-16-23-27(18-35)41-31(28(23)30-32-25-10-6-7-11-26(25)40-30)33-29(36)22-8-4-5-9-24(22)34-42(37,38)21-14-12-20(39-3)13-15-21/h4-15,19,34H,16-18H2,1-3H3,(H,33,36). The summed E-state index contributed by atoms with van der Waals surface area (Å²) >= 11 is 3.19.